The van der Waals surface area contributed by atoms with Gasteiger partial charge in [0.15, 0.2) is 0 Å². The van der Waals surface area contributed by atoms with Gasteiger partial charge in [-0.15, -0.1) is 0 Å². The minimum absolute atomic E-state index is 0.497. The van der Waals surface area contributed by atoms with Crippen molar-refractivity contribution in [3.05, 3.63) is 109 Å². The highest BCUT2D eigenvalue weighted by Gasteiger charge is 2.12. The third-order valence-electron chi connectivity index (χ3n) is 8.32. The summed E-state index contributed by atoms with van der Waals surface area (Å²) in [4.78, 5) is 5.08. The van der Waals surface area contributed by atoms with Gasteiger partial charge in [0.2, 0.25) is 0 Å². The number of hydrogen-bond acceptors (Lipinski definition) is 4. The molecule has 0 bridgehead atoms. The summed E-state index contributed by atoms with van der Waals surface area (Å²) in [7, 11) is 0. The van der Waals surface area contributed by atoms with Crippen molar-refractivity contribution in [3.63, 3.8) is 0 Å². The lowest BCUT2D eigenvalue weighted by Gasteiger charge is -2.29. The van der Waals surface area contributed by atoms with Gasteiger partial charge < -0.3 is 20.4 Å². The Kier molecular flexibility index (Phi) is 13.5. The first-order valence-electron chi connectivity index (χ1n) is 16.9. The van der Waals surface area contributed by atoms with E-state index in [4.69, 9.17) is 0 Å². The smallest absolute Gasteiger partial charge is 0.0385 e. The van der Waals surface area contributed by atoms with E-state index in [0.29, 0.717) is 12.1 Å². The molecule has 4 heteroatoms. The molecule has 44 heavy (non-hydrogen) atoms. The minimum Gasteiger partial charge on any atom is -0.369 e. The monoisotopic (exact) mass is 590 g/mol. The van der Waals surface area contributed by atoms with Crippen molar-refractivity contribution in [2.45, 2.75) is 91.1 Å². The Morgan fingerprint density at radius 3 is 1.00 bits per heavy atom. The van der Waals surface area contributed by atoms with Gasteiger partial charge >= 0.3 is 0 Å². The molecular weight excluding hydrogens is 536 g/mol. The second-order valence-electron chi connectivity index (χ2n) is 12.5. The average molecular weight is 591 g/mol. The SMILES string of the molecule is CC(C)N(CCCCCCCCCCN(c1ccc(Nc2ccccc2)cc1)C(C)C)c1ccc(Nc2ccccc2)cc1. The van der Waals surface area contributed by atoms with Gasteiger partial charge in [0.05, 0.1) is 0 Å². The fourth-order valence-corrected chi connectivity index (χ4v) is 5.84. The number of nitrogens with zero attached hydrogens (tertiary/aromatic N) is 2. The molecule has 4 nitrogen and oxygen atoms in total. The molecule has 0 aliphatic heterocycles. The molecule has 0 radical (unpaired) electrons. The zero-order valence-corrected chi connectivity index (χ0v) is 27.5. The summed E-state index contributed by atoms with van der Waals surface area (Å²) in [5, 5.41) is 6.97. The lowest BCUT2D eigenvalue weighted by atomic mass is 10.1. The molecule has 234 valence electrons. The number of unbranched alkanes of at least 4 members (excludes halogenated alkanes) is 7. The van der Waals surface area contributed by atoms with Crippen LogP contribution in [0, 0.1) is 0 Å². The second kappa shape index (κ2) is 18.0. The van der Waals surface area contributed by atoms with Crippen LogP contribution in [0.5, 0.6) is 0 Å². The van der Waals surface area contributed by atoms with Crippen molar-refractivity contribution in [2.24, 2.45) is 0 Å². The molecule has 4 rings (SSSR count). The van der Waals surface area contributed by atoms with Crippen LogP contribution in [-0.2, 0) is 0 Å². The molecule has 0 fully saturated rings. The molecule has 0 aliphatic rings. The molecule has 0 amide bonds. The number of rotatable bonds is 19. The third-order valence-corrected chi connectivity index (χ3v) is 8.32. The molecule has 0 heterocycles. The minimum atomic E-state index is 0.497. The zero-order chi connectivity index (χ0) is 31.0. The van der Waals surface area contributed by atoms with Gasteiger partial charge in [-0.3, -0.25) is 0 Å². The highest BCUT2D eigenvalue weighted by atomic mass is 15.2. The van der Waals surface area contributed by atoms with Gasteiger partial charge in [0.25, 0.3) is 0 Å². The largest absolute Gasteiger partial charge is 0.369 e. The number of anilines is 6. The second-order valence-corrected chi connectivity index (χ2v) is 12.5. The maximum atomic E-state index is 3.49. The fourth-order valence-electron chi connectivity index (χ4n) is 5.84. The van der Waals surface area contributed by atoms with Crippen LogP contribution < -0.4 is 20.4 Å². The van der Waals surface area contributed by atoms with Crippen molar-refractivity contribution >= 4 is 34.1 Å². The fraction of sp³-hybridized carbons (Fsp3) is 0.400. The van der Waals surface area contributed by atoms with E-state index in [1.165, 1.54) is 62.7 Å². The van der Waals surface area contributed by atoms with Crippen molar-refractivity contribution in [2.75, 3.05) is 33.5 Å². The summed E-state index contributed by atoms with van der Waals surface area (Å²) in [6.45, 7) is 11.4. The molecule has 0 aromatic heterocycles. The Balaban J connectivity index is 1.08. The van der Waals surface area contributed by atoms with Crippen LogP contribution >= 0.6 is 0 Å². The Labute approximate surface area is 267 Å². The predicted octanol–water partition coefficient (Wildman–Crippen LogP) is 11.4. The molecule has 4 aromatic carbocycles. The number of hydrogen-bond donors (Lipinski definition) is 2. The van der Waals surface area contributed by atoms with E-state index in [-0.39, 0.29) is 0 Å². The summed E-state index contributed by atoms with van der Waals surface area (Å²) in [6, 6.07) is 39.5. The van der Waals surface area contributed by atoms with Crippen LogP contribution in [0.2, 0.25) is 0 Å². The van der Waals surface area contributed by atoms with Crippen LogP contribution in [-0.4, -0.2) is 25.2 Å². The van der Waals surface area contributed by atoms with E-state index in [1.807, 2.05) is 12.1 Å². The molecule has 0 unspecified atom stereocenters. The Morgan fingerprint density at radius 2 is 0.682 bits per heavy atom. The molecule has 0 saturated carbocycles. The first-order chi connectivity index (χ1) is 21.5. The lowest BCUT2D eigenvalue weighted by Crippen LogP contribution is -2.31. The zero-order valence-electron chi connectivity index (χ0n) is 27.5. The summed E-state index contributed by atoms with van der Waals surface area (Å²) >= 11 is 0. The summed E-state index contributed by atoms with van der Waals surface area (Å²) in [5.41, 5.74) is 7.13. The first-order valence-corrected chi connectivity index (χ1v) is 16.9. The molecule has 2 N–H and O–H groups in total. The van der Waals surface area contributed by atoms with E-state index in [2.05, 4.69) is 145 Å². The van der Waals surface area contributed by atoms with Gasteiger partial charge in [-0.25, -0.2) is 0 Å². The van der Waals surface area contributed by atoms with Crippen molar-refractivity contribution in [1.29, 1.82) is 0 Å². The predicted molar refractivity (Wildman–Crippen MR) is 194 cm³/mol. The quantitative estimate of drug-likeness (QED) is 0.106. The maximum absolute atomic E-state index is 3.49. The van der Waals surface area contributed by atoms with E-state index in [1.54, 1.807) is 0 Å². The molecule has 0 aliphatic carbocycles. The van der Waals surface area contributed by atoms with Gasteiger partial charge in [-0.2, -0.15) is 0 Å². The first kappa shape index (κ1) is 33.0. The number of para-hydroxylation sites is 2. The van der Waals surface area contributed by atoms with Gasteiger partial charge in [-0.05, 0) is 113 Å². The normalized spacial score (nSPS) is 11.1. The third kappa shape index (κ3) is 11.0. The molecule has 4 aromatic rings. The van der Waals surface area contributed by atoms with Crippen LogP contribution in [0.3, 0.4) is 0 Å². The number of nitrogens with one attached hydrogen (secondary N) is 2. The Morgan fingerprint density at radius 1 is 0.386 bits per heavy atom. The summed E-state index contributed by atoms with van der Waals surface area (Å²) in [6.07, 6.45) is 10.5. The van der Waals surface area contributed by atoms with Crippen LogP contribution in [0.25, 0.3) is 0 Å². The molecule has 0 saturated heterocycles. The highest BCUT2D eigenvalue weighted by Crippen LogP contribution is 2.25. The van der Waals surface area contributed by atoms with E-state index >= 15 is 0 Å². The van der Waals surface area contributed by atoms with Gasteiger partial charge in [0.1, 0.15) is 0 Å². The van der Waals surface area contributed by atoms with E-state index in [9.17, 15) is 0 Å². The van der Waals surface area contributed by atoms with Crippen LogP contribution in [0.4, 0.5) is 34.1 Å². The molecule has 0 spiro atoms. The summed E-state index contributed by atoms with van der Waals surface area (Å²) in [5.74, 6) is 0. The van der Waals surface area contributed by atoms with Crippen molar-refractivity contribution in [1.82, 2.24) is 0 Å². The van der Waals surface area contributed by atoms with Crippen LogP contribution in [0.15, 0.2) is 109 Å². The van der Waals surface area contributed by atoms with Crippen molar-refractivity contribution < 1.29 is 0 Å². The Hall–Kier alpha value is -3.92. The maximum Gasteiger partial charge on any atom is 0.0385 e. The summed E-state index contributed by atoms with van der Waals surface area (Å²) < 4.78 is 0. The van der Waals surface area contributed by atoms with E-state index < -0.39 is 0 Å². The van der Waals surface area contributed by atoms with E-state index in [0.717, 1.165) is 35.8 Å². The highest BCUT2D eigenvalue weighted by molar-refractivity contribution is 5.64. The number of benzene rings is 4. The molecular formula is C40H54N4. The van der Waals surface area contributed by atoms with Gasteiger partial charge in [-0.1, -0.05) is 74.9 Å². The lowest BCUT2D eigenvalue weighted by molar-refractivity contribution is 0.549. The Bertz CT molecular complexity index is 1200. The van der Waals surface area contributed by atoms with Crippen molar-refractivity contribution in [3.8, 4) is 0 Å². The standard InChI is InChI=1S/C40H54N4/c1-33(2)43(39-27-23-37(24-28-39)41-35-19-13-11-14-20-35)31-17-9-7-5-6-8-10-18-32-44(34(3)4)40-29-25-38(26-30-40)42-36-21-15-12-16-22-36/h11-16,19-30,33-34,41-42H,5-10,17-18,31-32H2,1-4H3. The average Bonchev–Trinajstić information content (AvgIpc) is 3.03. The van der Waals surface area contributed by atoms with Gasteiger partial charge in [0, 0.05) is 59.3 Å². The topological polar surface area (TPSA) is 30.5 Å². The van der Waals surface area contributed by atoms with Crippen LogP contribution in [0.1, 0.15) is 79.1 Å². The molecule has 0 atom stereocenters.